The molecule has 4 amide bonds. The number of hydrogen-bond acceptors (Lipinski definition) is 12. The van der Waals surface area contributed by atoms with E-state index in [-0.39, 0.29) is 31.0 Å². The van der Waals surface area contributed by atoms with Crippen LogP contribution < -0.4 is 29.6 Å². The van der Waals surface area contributed by atoms with E-state index in [1.54, 1.807) is 51.1 Å². The molecule has 1 aromatic heterocycles. The van der Waals surface area contributed by atoms with Gasteiger partial charge in [0.1, 0.15) is 40.8 Å². The molecule has 0 spiro atoms. The van der Waals surface area contributed by atoms with Gasteiger partial charge in [0.05, 0.1) is 24.6 Å². The van der Waals surface area contributed by atoms with E-state index in [1.165, 1.54) is 35.9 Å². The number of halogens is 3. The van der Waals surface area contributed by atoms with Crippen LogP contribution in [0.2, 0.25) is 0 Å². The van der Waals surface area contributed by atoms with E-state index in [2.05, 4.69) is 20.1 Å². The first-order chi connectivity index (χ1) is 29.2. The maximum absolute atomic E-state index is 14.6. The normalized spacial score (nSPS) is 24.7. The van der Waals surface area contributed by atoms with Crippen molar-refractivity contribution in [3.05, 3.63) is 60.7 Å². The lowest BCUT2D eigenvalue weighted by molar-refractivity contribution is -0.274. The van der Waals surface area contributed by atoms with E-state index in [1.807, 2.05) is 6.08 Å². The van der Waals surface area contributed by atoms with Crippen molar-refractivity contribution in [3.63, 3.8) is 0 Å². The summed E-state index contributed by atoms with van der Waals surface area (Å²) in [7, 11) is -2.48. The van der Waals surface area contributed by atoms with Gasteiger partial charge in [0.2, 0.25) is 27.7 Å². The fraction of sp³-hybridized carbons (Fsp3) is 0.500. The third-order valence-electron chi connectivity index (χ3n) is 10.8. The van der Waals surface area contributed by atoms with Gasteiger partial charge in [-0.3, -0.25) is 19.1 Å². The highest BCUT2D eigenvalue weighted by Gasteiger charge is 2.62. The lowest BCUT2D eigenvalue weighted by atomic mass is 10.1. The maximum atomic E-state index is 14.6. The molecule has 3 heterocycles. The highest BCUT2D eigenvalue weighted by molar-refractivity contribution is 7.99. The number of thioether (sulfide) groups is 1. The second-order valence-corrected chi connectivity index (χ2v) is 19.9. The van der Waals surface area contributed by atoms with Crippen LogP contribution in [0.5, 0.6) is 17.4 Å². The van der Waals surface area contributed by atoms with Crippen LogP contribution in [0.3, 0.4) is 0 Å². The van der Waals surface area contributed by atoms with Crippen molar-refractivity contribution in [2.75, 3.05) is 25.2 Å². The van der Waals surface area contributed by atoms with E-state index in [0.717, 1.165) is 12.1 Å². The fourth-order valence-electron chi connectivity index (χ4n) is 7.49. The van der Waals surface area contributed by atoms with Crippen LogP contribution in [0.25, 0.3) is 22.0 Å². The zero-order valence-corrected chi connectivity index (χ0v) is 36.1. The van der Waals surface area contributed by atoms with Crippen LogP contribution in [0.1, 0.15) is 59.3 Å². The first-order valence-corrected chi connectivity index (χ1v) is 22.9. The molecule has 3 N–H and O–H groups in total. The third-order valence-corrected chi connectivity index (χ3v) is 13.7. The van der Waals surface area contributed by atoms with E-state index in [9.17, 15) is 40.8 Å². The smallest absolute Gasteiger partial charge is 0.497 e. The Morgan fingerprint density at radius 2 is 1.76 bits per heavy atom. The Morgan fingerprint density at radius 1 is 1.03 bits per heavy atom. The summed E-state index contributed by atoms with van der Waals surface area (Å²) >= 11 is 1.43. The number of amides is 4. The van der Waals surface area contributed by atoms with Crippen LogP contribution in [0.4, 0.5) is 18.0 Å². The molecule has 20 heteroatoms. The number of ether oxygens (including phenoxy) is 4. The standard InChI is InChI=1S/C42H48F3N5O10S2/c1-40(2,3)60-39(54)47-33-23-61-17-7-5-6-8-26-21-41(26,38(53)49-62(55,56)30-14-15-30)48-35(51)34-20-29(22-50(34)37(33)52)58-36-31-16-13-28(57-4)18-25(31)19-32(46-36)24-9-11-27(12-10-24)59-42(43,44)45/h6,8-13,16,18-19,26,29-30,33-34H,5,7,14-15,17,20-23H2,1-4H3,(H,47,54)(H,48,51)(H,49,53)/t26?,29?,33-,34-,41+/m0/s1. The van der Waals surface area contributed by atoms with E-state index in [0.29, 0.717) is 59.2 Å². The zero-order chi connectivity index (χ0) is 44.6. The SMILES string of the molecule is COc1ccc2c(OC3C[C@H]4C(=O)N[C@]5(C(=O)NS(=O)(=O)C6CC6)CC5C=CCCCSC[C@H](NC(=O)OC(C)(C)C)C(=O)N4C3)nc(-c3ccc(OC(F)(F)F)cc3)cc2c1. The lowest BCUT2D eigenvalue weighted by Crippen LogP contribution is -2.58. The second kappa shape index (κ2) is 17.5. The van der Waals surface area contributed by atoms with Crippen LogP contribution >= 0.6 is 11.8 Å². The molecule has 7 rings (SSSR count). The lowest BCUT2D eigenvalue weighted by Gasteiger charge is -2.30. The Kier molecular flexibility index (Phi) is 12.6. The summed E-state index contributed by atoms with van der Waals surface area (Å²) in [6, 6.07) is 9.57. The number of nitrogens with one attached hydrogen (secondary N) is 3. The molecule has 2 unspecified atom stereocenters. The highest BCUT2D eigenvalue weighted by atomic mass is 32.2. The number of carbonyl (C=O) groups excluding carboxylic acids is 4. The number of pyridine rings is 1. The van der Waals surface area contributed by atoms with Gasteiger partial charge in [-0.05, 0) is 113 Å². The molecule has 2 saturated carbocycles. The molecule has 5 atom stereocenters. The van der Waals surface area contributed by atoms with Crippen LogP contribution in [0, 0.1) is 5.92 Å². The van der Waals surface area contributed by atoms with Gasteiger partial charge in [0.15, 0.2) is 0 Å². The molecule has 334 valence electrons. The van der Waals surface area contributed by atoms with E-state index >= 15 is 0 Å². The number of hydrogen-bond donors (Lipinski definition) is 3. The first kappa shape index (κ1) is 44.8. The second-order valence-electron chi connectivity index (χ2n) is 16.7. The van der Waals surface area contributed by atoms with Crippen molar-refractivity contribution in [2.24, 2.45) is 5.92 Å². The quantitative estimate of drug-likeness (QED) is 0.225. The number of fused-ring (bicyclic) bond motifs is 3. The summed E-state index contributed by atoms with van der Waals surface area (Å²) < 4.78 is 88.2. The molecule has 62 heavy (non-hydrogen) atoms. The monoisotopic (exact) mass is 903 g/mol. The molecule has 0 radical (unpaired) electrons. The fourth-order valence-corrected chi connectivity index (χ4v) is 9.85. The summed E-state index contributed by atoms with van der Waals surface area (Å²) in [5.41, 5.74) is -1.73. The molecule has 1 saturated heterocycles. The number of allylic oxidation sites excluding steroid dienone is 1. The summed E-state index contributed by atoms with van der Waals surface area (Å²) in [6.07, 6.45) is -0.721. The van der Waals surface area contributed by atoms with Crippen molar-refractivity contribution in [1.82, 2.24) is 25.2 Å². The van der Waals surface area contributed by atoms with Crippen molar-refractivity contribution < 1.29 is 59.7 Å². The third kappa shape index (κ3) is 10.7. The Bertz CT molecular complexity index is 2350. The van der Waals surface area contributed by atoms with Gasteiger partial charge in [0.25, 0.3) is 5.91 Å². The first-order valence-electron chi connectivity index (χ1n) is 20.2. The highest BCUT2D eigenvalue weighted by Crippen LogP contribution is 2.46. The number of carbonyl (C=O) groups is 4. The van der Waals surface area contributed by atoms with Crippen LogP contribution in [-0.2, 0) is 29.1 Å². The number of methoxy groups -OCH3 is 1. The van der Waals surface area contributed by atoms with Crippen LogP contribution in [0.15, 0.2) is 60.7 Å². The van der Waals surface area contributed by atoms with Gasteiger partial charge in [-0.25, -0.2) is 18.2 Å². The molecule has 2 aromatic carbocycles. The van der Waals surface area contributed by atoms with Gasteiger partial charge in [-0.2, -0.15) is 11.8 Å². The predicted molar refractivity (Wildman–Crippen MR) is 223 cm³/mol. The molecular weight excluding hydrogens is 856 g/mol. The van der Waals surface area contributed by atoms with Crippen molar-refractivity contribution in [3.8, 4) is 28.6 Å². The van der Waals surface area contributed by atoms with Gasteiger partial charge in [-0.15, -0.1) is 13.2 Å². The molecule has 15 nitrogen and oxygen atoms in total. The molecule has 2 aliphatic carbocycles. The Hall–Kier alpha value is -5.24. The molecular formula is C42H48F3N5O10S2. The summed E-state index contributed by atoms with van der Waals surface area (Å²) in [6.45, 7) is 4.88. The number of rotatable bonds is 9. The van der Waals surface area contributed by atoms with Crippen molar-refractivity contribution in [1.29, 1.82) is 0 Å². The van der Waals surface area contributed by atoms with Gasteiger partial charge in [-0.1, -0.05) is 12.2 Å². The minimum absolute atomic E-state index is 0.0869. The molecule has 4 aliphatic rings. The van der Waals surface area contributed by atoms with Gasteiger partial charge < -0.3 is 34.5 Å². The van der Waals surface area contributed by atoms with Crippen molar-refractivity contribution >= 4 is 56.4 Å². The number of alkyl carbamates (subject to hydrolysis) is 1. The molecule has 3 fully saturated rings. The average molecular weight is 904 g/mol. The largest absolute Gasteiger partial charge is 0.573 e. The molecule has 0 bridgehead atoms. The summed E-state index contributed by atoms with van der Waals surface area (Å²) in [4.78, 5) is 62.1. The Labute approximate surface area is 360 Å². The van der Waals surface area contributed by atoms with Gasteiger partial charge in [0, 0.05) is 29.0 Å². The van der Waals surface area contributed by atoms with Crippen molar-refractivity contribution in [2.45, 2.75) is 100 Å². The van der Waals surface area contributed by atoms with E-state index in [4.69, 9.17) is 19.2 Å². The number of alkyl halides is 3. The summed E-state index contributed by atoms with van der Waals surface area (Å²) in [5, 5.41) is 5.95. The predicted octanol–water partition coefficient (Wildman–Crippen LogP) is 5.62. The minimum Gasteiger partial charge on any atom is -0.497 e. The average Bonchev–Trinajstić information content (AvgIpc) is 4.12. The Morgan fingerprint density at radius 3 is 2.44 bits per heavy atom. The topological polar surface area (TPSA) is 192 Å². The maximum Gasteiger partial charge on any atom is 0.573 e. The van der Waals surface area contributed by atoms with E-state index < -0.39 is 86.4 Å². The van der Waals surface area contributed by atoms with Gasteiger partial charge >= 0.3 is 12.5 Å². The van der Waals surface area contributed by atoms with Crippen LogP contribution in [-0.4, -0.2) is 108 Å². The number of benzene rings is 2. The zero-order valence-electron chi connectivity index (χ0n) is 34.5. The molecule has 2 aliphatic heterocycles. The number of sulfonamides is 1. The Balaban J connectivity index is 1.23. The number of aromatic nitrogens is 1. The minimum atomic E-state index is -4.88. The molecule has 3 aromatic rings. The summed E-state index contributed by atoms with van der Waals surface area (Å²) in [5.74, 6) is -1.78. The number of nitrogens with zero attached hydrogens (tertiary/aromatic N) is 2.